The number of carbonyl (C=O) groups is 2. The van der Waals surface area contributed by atoms with Gasteiger partial charge in [-0.25, -0.2) is 9.59 Å². The normalized spacial score (nSPS) is 15.2. The molecule has 21 heavy (non-hydrogen) atoms. The van der Waals surface area contributed by atoms with Crippen molar-refractivity contribution in [2.45, 2.75) is 71.6 Å². The summed E-state index contributed by atoms with van der Waals surface area (Å²) in [7, 11) is 1.42. The van der Waals surface area contributed by atoms with Gasteiger partial charge in [-0.05, 0) is 53.4 Å². The lowest BCUT2D eigenvalue weighted by Gasteiger charge is -2.32. The van der Waals surface area contributed by atoms with Crippen molar-refractivity contribution < 1.29 is 24.5 Å². The Kier molecular flexibility index (Phi) is 6.67. The predicted octanol–water partition coefficient (Wildman–Crippen LogP) is 2.49. The van der Waals surface area contributed by atoms with E-state index >= 15 is 0 Å². The maximum Gasteiger partial charge on any atom is 0.410 e. The number of likely N-dealkylation sites (N-methyl/N-ethyl adjacent to an activating group) is 1. The summed E-state index contributed by atoms with van der Waals surface area (Å²) in [4.78, 5) is 24.6. The number of hydrogen-bond donors (Lipinski definition) is 2. The van der Waals surface area contributed by atoms with Gasteiger partial charge in [0.05, 0.1) is 5.60 Å². The number of ether oxygens (including phenoxy) is 1. The van der Waals surface area contributed by atoms with Crippen molar-refractivity contribution in [2.75, 3.05) is 7.05 Å². The summed E-state index contributed by atoms with van der Waals surface area (Å²) < 4.78 is 5.20. The highest BCUT2D eigenvalue weighted by Crippen LogP contribution is 2.22. The van der Waals surface area contributed by atoms with Gasteiger partial charge in [-0.2, -0.15) is 0 Å². The number of nitrogens with zero attached hydrogens (tertiary/aromatic N) is 1. The van der Waals surface area contributed by atoms with Crippen LogP contribution in [0.2, 0.25) is 0 Å². The summed E-state index contributed by atoms with van der Waals surface area (Å²) >= 11 is 0. The van der Waals surface area contributed by atoms with Crippen LogP contribution in [0.1, 0.15) is 54.4 Å². The van der Waals surface area contributed by atoms with Crippen LogP contribution >= 0.6 is 0 Å². The minimum atomic E-state index is -1.08. The molecule has 0 heterocycles. The van der Waals surface area contributed by atoms with E-state index in [2.05, 4.69) is 0 Å². The molecule has 0 rings (SSSR count). The molecular formula is C15H29NO5. The number of carbonyl (C=O) groups excluding carboxylic acids is 1. The summed E-state index contributed by atoms with van der Waals surface area (Å²) in [5.74, 6) is -1.38. The number of hydrogen-bond acceptors (Lipinski definition) is 4. The molecule has 2 N–H and O–H groups in total. The largest absolute Gasteiger partial charge is 0.480 e. The van der Waals surface area contributed by atoms with Crippen LogP contribution in [0.3, 0.4) is 0 Å². The second-order valence-electron chi connectivity index (χ2n) is 7.20. The molecule has 0 aliphatic rings. The van der Waals surface area contributed by atoms with Crippen molar-refractivity contribution in [3.63, 3.8) is 0 Å². The van der Waals surface area contributed by atoms with Crippen molar-refractivity contribution >= 4 is 12.1 Å². The zero-order valence-corrected chi connectivity index (χ0v) is 14.1. The third-order valence-electron chi connectivity index (χ3n) is 3.10. The Hall–Kier alpha value is -1.30. The van der Waals surface area contributed by atoms with Crippen LogP contribution in [0.5, 0.6) is 0 Å². The van der Waals surface area contributed by atoms with E-state index < -0.39 is 29.3 Å². The molecule has 0 fully saturated rings. The van der Waals surface area contributed by atoms with E-state index in [1.54, 1.807) is 41.5 Å². The second-order valence-corrected chi connectivity index (χ2v) is 7.20. The van der Waals surface area contributed by atoms with Crippen molar-refractivity contribution in [2.24, 2.45) is 5.92 Å². The Balaban J connectivity index is 4.89. The first-order chi connectivity index (χ1) is 9.24. The molecule has 0 aliphatic carbocycles. The average Bonchev–Trinajstić information content (AvgIpc) is 2.22. The molecule has 0 spiro atoms. The lowest BCUT2D eigenvalue weighted by molar-refractivity contribution is -0.144. The van der Waals surface area contributed by atoms with E-state index in [-0.39, 0.29) is 5.92 Å². The van der Waals surface area contributed by atoms with Crippen LogP contribution in [0.15, 0.2) is 0 Å². The van der Waals surface area contributed by atoms with Crippen LogP contribution < -0.4 is 0 Å². The zero-order valence-electron chi connectivity index (χ0n) is 14.1. The van der Waals surface area contributed by atoms with E-state index in [9.17, 15) is 19.8 Å². The molecule has 124 valence electrons. The summed E-state index contributed by atoms with van der Waals surface area (Å²) in [5.41, 5.74) is -1.54. The SMILES string of the molecule is C[C@H](CCC(C)(C)O)[C@@H](C(=O)O)N(C)C(=O)OC(C)(C)C. The van der Waals surface area contributed by atoms with Gasteiger partial charge in [-0.3, -0.25) is 4.90 Å². The van der Waals surface area contributed by atoms with E-state index in [1.165, 1.54) is 7.05 Å². The second kappa shape index (κ2) is 7.11. The maximum atomic E-state index is 12.0. The molecule has 0 saturated heterocycles. The fraction of sp³-hybridized carbons (Fsp3) is 0.867. The highest BCUT2D eigenvalue weighted by Gasteiger charge is 2.34. The predicted molar refractivity (Wildman–Crippen MR) is 80.1 cm³/mol. The first-order valence-electron chi connectivity index (χ1n) is 7.15. The maximum absolute atomic E-state index is 12.0. The highest BCUT2D eigenvalue weighted by atomic mass is 16.6. The lowest BCUT2D eigenvalue weighted by Crippen LogP contribution is -2.48. The zero-order chi connectivity index (χ0) is 17.0. The van der Waals surface area contributed by atoms with E-state index in [0.29, 0.717) is 12.8 Å². The molecule has 0 aromatic carbocycles. The summed E-state index contributed by atoms with van der Waals surface area (Å²) in [6, 6.07) is -0.984. The van der Waals surface area contributed by atoms with Gasteiger partial charge in [0.1, 0.15) is 11.6 Å². The van der Waals surface area contributed by atoms with Crippen LogP contribution in [0.25, 0.3) is 0 Å². The molecule has 0 unspecified atom stereocenters. The molecule has 6 nitrogen and oxygen atoms in total. The Morgan fingerprint density at radius 2 is 1.67 bits per heavy atom. The topological polar surface area (TPSA) is 87.1 Å². The van der Waals surface area contributed by atoms with Crippen molar-refractivity contribution in [1.82, 2.24) is 4.90 Å². The Morgan fingerprint density at radius 1 is 1.19 bits per heavy atom. The Labute approximate surface area is 127 Å². The van der Waals surface area contributed by atoms with Gasteiger partial charge < -0.3 is 14.9 Å². The van der Waals surface area contributed by atoms with Gasteiger partial charge in [0.25, 0.3) is 0 Å². The minimum absolute atomic E-state index is 0.300. The standard InChI is InChI=1S/C15H29NO5/c1-10(8-9-15(5,6)20)11(12(17)18)16(7)13(19)21-14(2,3)4/h10-11,20H,8-9H2,1-7H3,(H,17,18)/t10-,11+/m1/s1. The van der Waals surface area contributed by atoms with Crippen molar-refractivity contribution in [3.05, 3.63) is 0 Å². The number of carboxylic acid groups (broad SMARTS) is 1. The molecule has 0 aliphatic heterocycles. The van der Waals surface area contributed by atoms with Crippen LogP contribution in [0.4, 0.5) is 4.79 Å². The van der Waals surface area contributed by atoms with Gasteiger partial charge in [-0.15, -0.1) is 0 Å². The quantitative estimate of drug-likeness (QED) is 0.787. The Morgan fingerprint density at radius 3 is 2.00 bits per heavy atom. The number of rotatable bonds is 6. The average molecular weight is 303 g/mol. The van der Waals surface area contributed by atoms with E-state index in [0.717, 1.165) is 4.90 Å². The smallest absolute Gasteiger partial charge is 0.410 e. The molecule has 0 radical (unpaired) electrons. The lowest BCUT2D eigenvalue weighted by atomic mass is 9.90. The van der Waals surface area contributed by atoms with Gasteiger partial charge in [0, 0.05) is 7.05 Å². The van der Waals surface area contributed by atoms with Gasteiger partial charge in [0.15, 0.2) is 0 Å². The first-order valence-corrected chi connectivity index (χ1v) is 7.15. The van der Waals surface area contributed by atoms with Crippen molar-refractivity contribution in [3.8, 4) is 0 Å². The molecule has 0 aromatic rings. The number of aliphatic carboxylic acids is 1. The summed E-state index contributed by atoms with van der Waals surface area (Å²) in [6.07, 6.45) is 0.290. The molecular weight excluding hydrogens is 274 g/mol. The third kappa shape index (κ3) is 7.90. The van der Waals surface area contributed by atoms with Gasteiger partial charge >= 0.3 is 12.1 Å². The molecule has 0 aromatic heterocycles. The fourth-order valence-corrected chi connectivity index (χ4v) is 1.98. The summed E-state index contributed by atoms with van der Waals surface area (Å²) in [5, 5.41) is 19.1. The number of aliphatic hydroxyl groups is 1. The minimum Gasteiger partial charge on any atom is -0.480 e. The highest BCUT2D eigenvalue weighted by molar-refractivity contribution is 5.80. The summed E-state index contributed by atoms with van der Waals surface area (Å²) in [6.45, 7) is 10.3. The molecule has 0 saturated carbocycles. The Bertz CT molecular complexity index is 367. The van der Waals surface area contributed by atoms with Crippen LogP contribution in [0, 0.1) is 5.92 Å². The van der Waals surface area contributed by atoms with Crippen LogP contribution in [-0.4, -0.2) is 51.5 Å². The first kappa shape index (κ1) is 19.7. The molecule has 1 amide bonds. The monoisotopic (exact) mass is 303 g/mol. The number of carboxylic acids is 1. The van der Waals surface area contributed by atoms with Gasteiger partial charge in [-0.1, -0.05) is 6.92 Å². The van der Waals surface area contributed by atoms with Crippen LogP contribution in [-0.2, 0) is 9.53 Å². The van der Waals surface area contributed by atoms with Crippen molar-refractivity contribution in [1.29, 1.82) is 0 Å². The van der Waals surface area contributed by atoms with Gasteiger partial charge in [0.2, 0.25) is 0 Å². The molecule has 6 heteroatoms. The van der Waals surface area contributed by atoms with E-state index in [1.807, 2.05) is 0 Å². The number of amides is 1. The fourth-order valence-electron chi connectivity index (χ4n) is 1.98. The molecule has 0 bridgehead atoms. The molecule has 2 atom stereocenters. The third-order valence-corrected chi connectivity index (χ3v) is 3.10. The van der Waals surface area contributed by atoms with E-state index in [4.69, 9.17) is 4.74 Å².